The maximum absolute atomic E-state index is 11.9. The molecule has 0 radical (unpaired) electrons. The van der Waals surface area contributed by atoms with Gasteiger partial charge >= 0.3 is 11.9 Å². The Kier molecular flexibility index (Phi) is 12.9. The van der Waals surface area contributed by atoms with Crippen LogP contribution in [-0.4, -0.2) is 22.2 Å². The van der Waals surface area contributed by atoms with Crippen LogP contribution in [0.25, 0.3) is 0 Å². The van der Waals surface area contributed by atoms with Gasteiger partial charge in [-0.25, -0.2) is 0 Å². The SMILES string of the molecule is O=C(CCCCCCCCC(=O)OCc1cc(Br)cc(Br)c1O)OCc1cc(Br)cc(Br)c1O. The van der Waals surface area contributed by atoms with E-state index in [-0.39, 0.29) is 36.7 Å². The van der Waals surface area contributed by atoms with E-state index >= 15 is 0 Å². The molecule has 0 aliphatic rings. The van der Waals surface area contributed by atoms with E-state index in [1.807, 2.05) is 0 Å². The molecule has 0 amide bonds. The van der Waals surface area contributed by atoms with Gasteiger partial charge in [-0.1, -0.05) is 57.5 Å². The van der Waals surface area contributed by atoms with E-state index in [0.29, 0.717) is 32.9 Å². The number of carbonyl (C=O) groups excluding carboxylic acids is 2. The molecule has 0 aromatic heterocycles. The van der Waals surface area contributed by atoms with Gasteiger partial charge in [0.05, 0.1) is 8.95 Å². The van der Waals surface area contributed by atoms with E-state index in [1.165, 1.54) is 0 Å². The van der Waals surface area contributed by atoms with E-state index in [2.05, 4.69) is 63.7 Å². The monoisotopic (exact) mass is 726 g/mol. The summed E-state index contributed by atoms with van der Waals surface area (Å²) < 4.78 is 13.2. The highest BCUT2D eigenvalue weighted by atomic mass is 79.9. The molecule has 6 nitrogen and oxygen atoms in total. The number of rotatable bonds is 13. The first-order valence-corrected chi connectivity index (χ1v) is 14.0. The third-order valence-corrected chi connectivity index (χ3v) is 7.13. The Morgan fingerprint density at radius 2 is 0.971 bits per heavy atom. The summed E-state index contributed by atoms with van der Waals surface area (Å²) in [6.07, 6.45) is 5.90. The van der Waals surface area contributed by atoms with Crippen molar-refractivity contribution in [1.29, 1.82) is 0 Å². The van der Waals surface area contributed by atoms with Gasteiger partial charge in [0.2, 0.25) is 0 Å². The van der Waals surface area contributed by atoms with Crippen LogP contribution in [0.4, 0.5) is 0 Å². The van der Waals surface area contributed by atoms with Crippen LogP contribution in [0, 0.1) is 0 Å². The van der Waals surface area contributed by atoms with E-state index in [0.717, 1.165) is 47.5 Å². The molecule has 0 aliphatic heterocycles. The summed E-state index contributed by atoms with van der Waals surface area (Å²) in [5.74, 6) is -0.443. The minimum Gasteiger partial charge on any atom is -0.506 e. The molecule has 0 saturated heterocycles. The fourth-order valence-corrected chi connectivity index (χ4v) is 5.79. The molecule has 0 heterocycles. The molecule has 0 spiro atoms. The van der Waals surface area contributed by atoms with Gasteiger partial charge in [0.15, 0.2) is 0 Å². The van der Waals surface area contributed by atoms with Gasteiger partial charge in [-0.05, 0) is 69.0 Å². The molecule has 186 valence electrons. The number of carbonyl (C=O) groups is 2. The number of unbranched alkanes of at least 4 members (excludes halogenated alkanes) is 5. The normalized spacial score (nSPS) is 10.8. The quantitative estimate of drug-likeness (QED) is 0.160. The second-order valence-corrected chi connectivity index (χ2v) is 11.3. The molecule has 10 heteroatoms. The van der Waals surface area contributed by atoms with Crippen LogP contribution in [0.5, 0.6) is 11.5 Å². The van der Waals surface area contributed by atoms with Crippen molar-refractivity contribution in [2.45, 2.75) is 64.6 Å². The van der Waals surface area contributed by atoms with Crippen LogP contribution in [0.2, 0.25) is 0 Å². The Balaban J connectivity index is 1.51. The zero-order chi connectivity index (χ0) is 25.1. The summed E-state index contributed by atoms with van der Waals surface area (Å²) in [6, 6.07) is 6.87. The average Bonchev–Trinajstić information content (AvgIpc) is 2.78. The van der Waals surface area contributed by atoms with Gasteiger partial charge in [0.1, 0.15) is 24.7 Å². The Bertz CT molecular complexity index is 916. The molecule has 2 N–H and O–H groups in total. The van der Waals surface area contributed by atoms with E-state index in [4.69, 9.17) is 9.47 Å². The fourth-order valence-electron chi connectivity index (χ4n) is 3.17. The van der Waals surface area contributed by atoms with Crippen LogP contribution in [0.1, 0.15) is 62.5 Å². The lowest BCUT2D eigenvalue weighted by Crippen LogP contribution is -2.05. The van der Waals surface area contributed by atoms with Crippen molar-refractivity contribution >= 4 is 75.7 Å². The summed E-state index contributed by atoms with van der Waals surface area (Å²) in [4.78, 5) is 23.9. The van der Waals surface area contributed by atoms with Crippen LogP contribution < -0.4 is 0 Å². The molecule has 2 rings (SSSR count). The van der Waals surface area contributed by atoms with Crippen LogP contribution >= 0.6 is 63.7 Å². The largest absolute Gasteiger partial charge is 0.506 e. The van der Waals surface area contributed by atoms with Gasteiger partial charge in [0, 0.05) is 32.9 Å². The summed E-state index contributed by atoms with van der Waals surface area (Å²) in [5, 5.41) is 20.0. The van der Waals surface area contributed by atoms with E-state index in [9.17, 15) is 19.8 Å². The summed E-state index contributed by atoms with van der Waals surface area (Å²) in [5.41, 5.74) is 1.07. The van der Waals surface area contributed by atoms with Crippen molar-refractivity contribution < 1.29 is 29.3 Å². The lowest BCUT2D eigenvalue weighted by molar-refractivity contribution is -0.146. The number of hydrogen-bond donors (Lipinski definition) is 2. The highest BCUT2D eigenvalue weighted by Gasteiger charge is 2.12. The van der Waals surface area contributed by atoms with E-state index < -0.39 is 0 Å². The summed E-state index contributed by atoms with van der Waals surface area (Å²) >= 11 is 13.2. The highest BCUT2D eigenvalue weighted by molar-refractivity contribution is 9.11. The smallest absolute Gasteiger partial charge is 0.306 e. The molecule has 0 aliphatic carbocycles. The Morgan fingerprint density at radius 1 is 0.618 bits per heavy atom. The van der Waals surface area contributed by atoms with Gasteiger partial charge in [0.25, 0.3) is 0 Å². The highest BCUT2D eigenvalue weighted by Crippen LogP contribution is 2.33. The predicted molar refractivity (Wildman–Crippen MR) is 144 cm³/mol. The molecule has 0 unspecified atom stereocenters. The lowest BCUT2D eigenvalue weighted by atomic mass is 10.1. The topological polar surface area (TPSA) is 93.1 Å². The number of aromatic hydroxyl groups is 2. The fraction of sp³-hybridized carbons (Fsp3) is 0.417. The standard InChI is InChI=1S/C24H26Br4O6/c25-17-9-15(23(31)19(27)11-17)13-33-21(29)7-5-3-1-2-4-6-8-22(30)34-14-16-10-18(26)12-20(28)24(16)32/h9-12,31-32H,1-8,13-14H2. The van der Waals surface area contributed by atoms with Crippen LogP contribution in [0.15, 0.2) is 42.2 Å². The number of phenols is 2. The summed E-state index contributed by atoms with van der Waals surface area (Å²) in [6.45, 7) is 0.0501. The number of hydrogen-bond acceptors (Lipinski definition) is 6. The first-order chi connectivity index (χ1) is 16.2. The molecule has 2 aromatic carbocycles. The van der Waals surface area contributed by atoms with Gasteiger partial charge in [-0.2, -0.15) is 0 Å². The minimum absolute atomic E-state index is 0.0250. The molecular formula is C24H26Br4O6. The molecule has 0 atom stereocenters. The van der Waals surface area contributed by atoms with Crippen molar-refractivity contribution in [3.63, 3.8) is 0 Å². The summed E-state index contributed by atoms with van der Waals surface area (Å²) in [7, 11) is 0. The van der Waals surface area contributed by atoms with Crippen molar-refractivity contribution in [3.05, 3.63) is 53.3 Å². The maximum atomic E-state index is 11.9. The van der Waals surface area contributed by atoms with Crippen molar-refractivity contribution in [2.24, 2.45) is 0 Å². The van der Waals surface area contributed by atoms with Gasteiger partial charge in [-0.3, -0.25) is 9.59 Å². The van der Waals surface area contributed by atoms with Gasteiger partial charge < -0.3 is 19.7 Å². The van der Waals surface area contributed by atoms with Crippen LogP contribution in [-0.2, 0) is 32.3 Å². The lowest BCUT2D eigenvalue weighted by Gasteiger charge is -2.09. The maximum Gasteiger partial charge on any atom is 0.306 e. The number of phenolic OH excluding ortho intramolecular Hbond substituents is 2. The minimum atomic E-state index is -0.290. The van der Waals surface area contributed by atoms with Crippen molar-refractivity contribution in [1.82, 2.24) is 0 Å². The molecule has 34 heavy (non-hydrogen) atoms. The Morgan fingerprint density at radius 3 is 1.35 bits per heavy atom. The van der Waals surface area contributed by atoms with E-state index in [1.54, 1.807) is 24.3 Å². The third kappa shape index (κ3) is 10.3. The molecule has 0 bridgehead atoms. The first-order valence-electron chi connectivity index (χ1n) is 10.8. The Hall–Kier alpha value is -1.10. The first kappa shape index (κ1) is 29.1. The zero-order valence-corrected chi connectivity index (χ0v) is 24.8. The number of benzene rings is 2. The number of halogens is 4. The van der Waals surface area contributed by atoms with Crippen molar-refractivity contribution in [2.75, 3.05) is 0 Å². The van der Waals surface area contributed by atoms with Gasteiger partial charge in [-0.15, -0.1) is 0 Å². The number of esters is 2. The average molecular weight is 730 g/mol. The zero-order valence-electron chi connectivity index (χ0n) is 18.4. The number of ether oxygens (including phenoxy) is 2. The molecule has 0 saturated carbocycles. The van der Waals surface area contributed by atoms with Crippen LogP contribution in [0.3, 0.4) is 0 Å². The second-order valence-electron chi connectivity index (χ2n) is 7.73. The molecular weight excluding hydrogens is 704 g/mol. The third-order valence-electron chi connectivity index (χ3n) is 5.00. The molecule has 0 fully saturated rings. The Labute approximate surface area is 232 Å². The molecule has 2 aromatic rings. The predicted octanol–water partition coefficient (Wildman–Crippen LogP) is 8.06. The second kappa shape index (κ2) is 15.1. The van der Waals surface area contributed by atoms with Crippen molar-refractivity contribution in [3.8, 4) is 11.5 Å².